The molecule has 100 valence electrons. The van der Waals surface area contributed by atoms with Crippen molar-refractivity contribution in [2.45, 2.75) is 40.2 Å². The van der Waals surface area contributed by atoms with E-state index in [-0.39, 0.29) is 24.0 Å². The van der Waals surface area contributed by atoms with Gasteiger partial charge in [-0.1, -0.05) is 39.0 Å². The molecule has 18 heavy (non-hydrogen) atoms. The number of hydrogen-bond acceptors (Lipinski definition) is 2. The van der Waals surface area contributed by atoms with E-state index < -0.39 is 0 Å². The zero-order chi connectivity index (χ0) is 13.8. The highest BCUT2D eigenvalue weighted by molar-refractivity contribution is 5.95. The highest BCUT2D eigenvalue weighted by Gasteiger charge is 2.26. The van der Waals surface area contributed by atoms with Gasteiger partial charge in [0.1, 0.15) is 0 Å². The first kappa shape index (κ1) is 14.7. The Morgan fingerprint density at radius 3 is 2.44 bits per heavy atom. The molecule has 0 saturated heterocycles. The second kappa shape index (κ2) is 6.01. The Labute approximate surface area is 109 Å². The number of aliphatic hydroxyl groups excluding tert-OH is 1. The van der Waals surface area contributed by atoms with Crippen LogP contribution in [0, 0.1) is 12.3 Å². The molecule has 2 N–H and O–H groups in total. The van der Waals surface area contributed by atoms with E-state index in [2.05, 4.69) is 26.1 Å². The number of amides is 1. The molecule has 0 aliphatic heterocycles. The Balaban J connectivity index is 2.82. The Morgan fingerprint density at radius 1 is 1.33 bits per heavy atom. The number of benzene rings is 1. The fourth-order valence-corrected chi connectivity index (χ4v) is 1.91. The quantitative estimate of drug-likeness (QED) is 0.861. The summed E-state index contributed by atoms with van der Waals surface area (Å²) in [6.07, 6.45) is 0.571. The third kappa shape index (κ3) is 3.84. The minimum Gasteiger partial charge on any atom is -0.396 e. The molecule has 0 aromatic heterocycles. The van der Waals surface area contributed by atoms with E-state index in [0.29, 0.717) is 12.0 Å². The van der Waals surface area contributed by atoms with Crippen LogP contribution < -0.4 is 5.32 Å². The molecule has 1 rings (SSSR count). The molecule has 0 heterocycles. The molecular weight excluding hydrogens is 226 g/mol. The van der Waals surface area contributed by atoms with E-state index in [4.69, 9.17) is 5.11 Å². The average Bonchev–Trinajstić information content (AvgIpc) is 2.27. The molecule has 0 radical (unpaired) electrons. The lowest BCUT2D eigenvalue weighted by atomic mass is 9.84. The molecule has 3 nitrogen and oxygen atoms in total. The summed E-state index contributed by atoms with van der Waals surface area (Å²) in [6.45, 7) is 8.19. The SMILES string of the molecule is Cc1ccccc1C(=O)NC(CCO)C(C)(C)C. The molecule has 0 aliphatic rings. The van der Waals surface area contributed by atoms with Crippen molar-refractivity contribution in [2.24, 2.45) is 5.41 Å². The van der Waals surface area contributed by atoms with Gasteiger partial charge in [0.15, 0.2) is 0 Å². The molecule has 1 atom stereocenters. The fraction of sp³-hybridized carbons (Fsp3) is 0.533. The molecule has 1 amide bonds. The zero-order valence-electron chi connectivity index (χ0n) is 11.7. The van der Waals surface area contributed by atoms with Gasteiger partial charge in [-0.2, -0.15) is 0 Å². The van der Waals surface area contributed by atoms with Crippen molar-refractivity contribution in [3.05, 3.63) is 35.4 Å². The molecule has 0 spiro atoms. The molecule has 0 bridgehead atoms. The van der Waals surface area contributed by atoms with Crippen LogP contribution in [0.25, 0.3) is 0 Å². The molecular formula is C15H23NO2. The molecule has 0 fully saturated rings. The molecule has 3 heteroatoms. The smallest absolute Gasteiger partial charge is 0.251 e. The molecule has 0 saturated carbocycles. The molecule has 1 unspecified atom stereocenters. The first-order valence-corrected chi connectivity index (χ1v) is 6.33. The predicted octanol–water partition coefficient (Wildman–Crippen LogP) is 2.52. The lowest BCUT2D eigenvalue weighted by Gasteiger charge is -2.31. The van der Waals surface area contributed by atoms with E-state index in [1.165, 1.54) is 0 Å². The summed E-state index contributed by atoms with van der Waals surface area (Å²) in [5.41, 5.74) is 1.59. The van der Waals surface area contributed by atoms with Crippen molar-refractivity contribution in [1.29, 1.82) is 0 Å². The van der Waals surface area contributed by atoms with Gasteiger partial charge in [0.05, 0.1) is 0 Å². The summed E-state index contributed by atoms with van der Waals surface area (Å²) in [6, 6.07) is 7.49. The van der Waals surface area contributed by atoms with Gasteiger partial charge in [-0.3, -0.25) is 4.79 Å². The summed E-state index contributed by atoms with van der Waals surface area (Å²) in [5.74, 6) is -0.0681. The lowest BCUT2D eigenvalue weighted by Crippen LogP contribution is -2.44. The highest BCUT2D eigenvalue weighted by Crippen LogP contribution is 2.22. The van der Waals surface area contributed by atoms with Crippen molar-refractivity contribution in [2.75, 3.05) is 6.61 Å². The third-order valence-electron chi connectivity index (χ3n) is 3.16. The lowest BCUT2D eigenvalue weighted by molar-refractivity contribution is 0.0884. The van der Waals surface area contributed by atoms with Crippen LogP contribution in [-0.4, -0.2) is 23.7 Å². The van der Waals surface area contributed by atoms with Gasteiger partial charge in [0.2, 0.25) is 0 Å². The van der Waals surface area contributed by atoms with Crippen LogP contribution in [0.15, 0.2) is 24.3 Å². The van der Waals surface area contributed by atoms with Crippen molar-refractivity contribution in [3.8, 4) is 0 Å². The fourth-order valence-electron chi connectivity index (χ4n) is 1.91. The summed E-state index contributed by atoms with van der Waals surface area (Å²) in [5, 5.41) is 12.1. The first-order chi connectivity index (χ1) is 8.36. The Bertz CT molecular complexity index is 407. The van der Waals surface area contributed by atoms with Crippen LogP contribution in [0.2, 0.25) is 0 Å². The normalized spacial score (nSPS) is 13.2. The predicted molar refractivity (Wildman–Crippen MR) is 73.6 cm³/mol. The van der Waals surface area contributed by atoms with Crippen LogP contribution in [0.5, 0.6) is 0 Å². The summed E-state index contributed by atoms with van der Waals surface area (Å²) in [7, 11) is 0. The van der Waals surface area contributed by atoms with Gasteiger partial charge in [0, 0.05) is 18.2 Å². The number of aliphatic hydroxyl groups is 1. The van der Waals surface area contributed by atoms with Crippen LogP contribution >= 0.6 is 0 Å². The Morgan fingerprint density at radius 2 is 1.94 bits per heavy atom. The summed E-state index contributed by atoms with van der Waals surface area (Å²) in [4.78, 5) is 12.2. The van der Waals surface area contributed by atoms with Crippen LogP contribution in [0.3, 0.4) is 0 Å². The third-order valence-corrected chi connectivity index (χ3v) is 3.16. The van der Waals surface area contributed by atoms with E-state index in [1.807, 2.05) is 31.2 Å². The van der Waals surface area contributed by atoms with Gasteiger partial charge in [-0.15, -0.1) is 0 Å². The molecule has 1 aromatic rings. The van der Waals surface area contributed by atoms with Gasteiger partial charge in [0.25, 0.3) is 5.91 Å². The Hall–Kier alpha value is -1.35. The van der Waals surface area contributed by atoms with Crippen molar-refractivity contribution >= 4 is 5.91 Å². The van der Waals surface area contributed by atoms with Gasteiger partial charge in [-0.05, 0) is 30.4 Å². The second-order valence-corrected chi connectivity index (χ2v) is 5.72. The molecule has 0 aliphatic carbocycles. The number of hydrogen-bond donors (Lipinski definition) is 2. The van der Waals surface area contributed by atoms with Crippen LogP contribution in [0.1, 0.15) is 43.1 Å². The largest absolute Gasteiger partial charge is 0.396 e. The van der Waals surface area contributed by atoms with Crippen LogP contribution in [-0.2, 0) is 0 Å². The van der Waals surface area contributed by atoms with Gasteiger partial charge in [-0.25, -0.2) is 0 Å². The molecule has 1 aromatic carbocycles. The van der Waals surface area contributed by atoms with Crippen LogP contribution in [0.4, 0.5) is 0 Å². The number of carbonyl (C=O) groups is 1. The maximum absolute atomic E-state index is 12.2. The number of nitrogens with one attached hydrogen (secondary N) is 1. The Kier molecular flexibility index (Phi) is 4.91. The van der Waals surface area contributed by atoms with Gasteiger partial charge >= 0.3 is 0 Å². The summed E-state index contributed by atoms with van der Waals surface area (Å²) < 4.78 is 0. The van der Waals surface area contributed by atoms with E-state index in [0.717, 1.165) is 5.56 Å². The summed E-state index contributed by atoms with van der Waals surface area (Å²) >= 11 is 0. The maximum atomic E-state index is 12.2. The van der Waals surface area contributed by atoms with Gasteiger partial charge < -0.3 is 10.4 Å². The van der Waals surface area contributed by atoms with E-state index in [9.17, 15) is 4.79 Å². The second-order valence-electron chi connectivity index (χ2n) is 5.72. The van der Waals surface area contributed by atoms with Crippen molar-refractivity contribution in [3.63, 3.8) is 0 Å². The van der Waals surface area contributed by atoms with E-state index >= 15 is 0 Å². The number of carbonyl (C=O) groups excluding carboxylic acids is 1. The average molecular weight is 249 g/mol. The maximum Gasteiger partial charge on any atom is 0.251 e. The number of aryl methyl sites for hydroxylation is 1. The monoisotopic (exact) mass is 249 g/mol. The van der Waals surface area contributed by atoms with Crippen molar-refractivity contribution < 1.29 is 9.90 Å². The van der Waals surface area contributed by atoms with E-state index in [1.54, 1.807) is 0 Å². The number of rotatable bonds is 4. The minimum atomic E-state index is -0.0684. The standard InChI is InChI=1S/C15H23NO2/c1-11-7-5-6-8-12(11)14(18)16-13(9-10-17)15(2,3)4/h5-8,13,17H,9-10H2,1-4H3,(H,16,18). The highest BCUT2D eigenvalue weighted by atomic mass is 16.3. The van der Waals surface area contributed by atoms with Crippen molar-refractivity contribution in [1.82, 2.24) is 5.32 Å². The topological polar surface area (TPSA) is 49.3 Å². The zero-order valence-corrected chi connectivity index (χ0v) is 11.7. The minimum absolute atomic E-state index is 0.0328. The first-order valence-electron chi connectivity index (χ1n) is 6.33.